The summed E-state index contributed by atoms with van der Waals surface area (Å²) in [6, 6.07) is 5.96. The molecular formula is C16H22ClN3S. The van der Waals surface area contributed by atoms with E-state index in [-0.39, 0.29) is 0 Å². The molecule has 1 aromatic heterocycles. The number of hydrogen-bond acceptors (Lipinski definition) is 1. The Morgan fingerprint density at radius 1 is 1.29 bits per heavy atom. The molecule has 2 rings (SSSR count). The first-order chi connectivity index (χ1) is 10.1. The van der Waals surface area contributed by atoms with Crippen LogP contribution in [0.5, 0.6) is 0 Å². The van der Waals surface area contributed by atoms with E-state index in [1.54, 1.807) is 0 Å². The van der Waals surface area contributed by atoms with Gasteiger partial charge in [-0.15, -0.1) is 0 Å². The van der Waals surface area contributed by atoms with Crippen LogP contribution < -0.4 is 10.6 Å². The van der Waals surface area contributed by atoms with E-state index in [2.05, 4.69) is 29.5 Å². The molecule has 0 aliphatic heterocycles. The highest BCUT2D eigenvalue weighted by atomic mass is 35.5. The summed E-state index contributed by atoms with van der Waals surface area (Å²) in [6.45, 7) is 6.02. The Labute approximate surface area is 136 Å². The fourth-order valence-electron chi connectivity index (χ4n) is 2.42. The van der Waals surface area contributed by atoms with Crippen LogP contribution in [0.1, 0.15) is 31.0 Å². The van der Waals surface area contributed by atoms with Crippen molar-refractivity contribution in [2.75, 3.05) is 13.1 Å². The average molecular weight is 324 g/mol. The normalized spacial score (nSPS) is 10.8. The maximum atomic E-state index is 6.10. The second-order valence-electron chi connectivity index (χ2n) is 5.20. The number of aromatic amines is 1. The van der Waals surface area contributed by atoms with Crippen LogP contribution in [0.3, 0.4) is 0 Å². The lowest BCUT2D eigenvalue weighted by atomic mass is 10.1. The Morgan fingerprint density at radius 2 is 2.05 bits per heavy atom. The monoisotopic (exact) mass is 323 g/mol. The third kappa shape index (κ3) is 4.35. The summed E-state index contributed by atoms with van der Waals surface area (Å²) in [6.07, 6.45) is 3.23. The van der Waals surface area contributed by atoms with Crippen LogP contribution in [-0.2, 0) is 6.42 Å². The zero-order valence-corrected chi connectivity index (χ0v) is 14.1. The summed E-state index contributed by atoms with van der Waals surface area (Å²) in [5.74, 6) is 0. The molecule has 21 heavy (non-hydrogen) atoms. The summed E-state index contributed by atoms with van der Waals surface area (Å²) in [4.78, 5) is 3.40. The van der Waals surface area contributed by atoms with Crippen LogP contribution in [0.4, 0.5) is 0 Å². The summed E-state index contributed by atoms with van der Waals surface area (Å²) < 4.78 is 0. The first-order valence-electron chi connectivity index (χ1n) is 7.40. The van der Waals surface area contributed by atoms with Crippen molar-refractivity contribution in [3.05, 3.63) is 34.5 Å². The lowest BCUT2D eigenvalue weighted by Crippen LogP contribution is -2.36. The largest absolute Gasteiger partial charge is 0.363 e. The number of benzene rings is 1. The summed E-state index contributed by atoms with van der Waals surface area (Å²) >= 11 is 11.4. The molecule has 0 spiro atoms. The smallest absolute Gasteiger partial charge is 0.166 e. The zero-order valence-electron chi connectivity index (χ0n) is 12.6. The van der Waals surface area contributed by atoms with E-state index in [0.29, 0.717) is 0 Å². The van der Waals surface area contributed by atoms with Crippen molar-refractivity contribution in [3.8, 4) is 0 Å². The number of H-pyrrole nitrogens is 1. The number of nitrogens with one attached hydrogen (secondary N) is 3. The molecule has 1 aromatic carbocycles. The molecule has 0 amide bonds. The van der Waals surface area contributed by atoms with Crippen LogP contribution in [0.25, 0.3) is 10.9 Å². The van der Waals surface area contributed by atoms with E-state index in [1.807, 2.05) is 18.2 Å². The number of thiocarbonyl (C=S) groups is 1. The van der Waals surface area contributed by atoms with Gasteiger partial charge in [0.1, 0.15) is 0 Å². The summed E-state index contributed by atoms with van der Waals surface area (Å²) in [5, 5.41) is 9.18. The topological polar surface area (TPSA) is 39.8 Å². The molecule has 0 unspecified atom stereocenters. The van der Waals surface area contributed by atoms with Gasteiger partial charge in [-0.25, -0.2) is 0 Å². The Hall–Kier alpha value is -1.26. The quantitative estimate of drug-likeness (QED) is 0.557. The van der Waals surface area contributed by atoms with Crippen molar-refractivity contribution in [1.29, 1.82) is 0 Å². The van der Waals surface area contributed by atoms with Crippen LogP contribution >= 0.6 is 23.8 Å². The molecule has 0 bridgehead atoms. The van der Waals surface area contributed by atoms with Crippen molar-refractivity contribution >= 4 is 39.8 Å². The van der Waals surface area contributed by atoms with E-state index in [4.69, 9.17) is 23.8 Å². The Balaban J connectivity index is 1.93. The second kappa shape index (κ2) is 7.66. The number of aryl methyl sites for hydroxylation is 1. The average Bonchev–Trinajstić information content (AvgIpc) is 2.75. The standard InChI is InChI=1S/C16H22ClN3S/c1-3-4-8-18-16(21)19-9-7-13-11(2)20-15-6-5-12(17)10-14(13)15/h5-6,10,20H,3-4,7-9H2,1-2H3,(H2,18,19,21). The molecule has 0 radical (unpaired) electrons. The molecule has 114 valence electrons. The minimum atomic E-state index is 0.735. The number of aromatic nitrogens is 1. The van der Waals surface area contributed by atoms with Gasteiger partial charge in [-0.2, -0.15) is 0 Å². The van der Waals surface area contributed by atoms with E-state index >= 15 is 0 Å². The van der Waals surface area contributed by atoms with Gasteiger partial charge in [-0.1, -0.05) is 24.9 Å². The fourth-order valence-corrected chi connectivity index (χ4v) is 2.80. The first-order valence-corrected chi connectivity index (χ1v) is 8.19. The highest BCUT2D eigenvalue weighted by molar-refractivity contribution is 7.80. The van der Waals surface area contributed by atoms with Gasteiger partial charge in [0.25, 0.3) is 0 Å². The number of hydrogen-bond donors (Lipinski definition) is 3. The maximum absolute atomic E-state index is 6.10. The molecule has 2 aromatic rings. The van der Waals surface area contributed by atoms with Crippen molar-refractivity contribution < 1.29 is 0 Å². The van der Waals surface area contributed by atoms with E-state index < -0.39 is 0 Å². The summed E-state index contributed by atoms with van der Waals surface area (Å²) in [5.41, 5.74) is 3.63. The molecule has 3 nitrogen and oxygen atoms in total. The molecule has 0 fully saturated rings. The van der Waals surface area contributed by atoms with Gasteiger partial charge in [0.15, 0.2) is 5.11 Å². The third-order valence-electron chi connectivity index (χ3n) is 3.56. The SMILES string of the molecule is CCCCNC(=S)NCCc1c(C)[nH]c2ccc(Cl)cc12. The minimum Gasteiger partial charge on any atom is -0.363 e. The molecule has 0 aliphatic rings. The Kier molecular flexibility index (Phi) is 5.88. The van der Waals surface area contributed by atoms with Crippen LogP contribution in [0, 0.1) is 6.92 Å². The predicted octanol–water partition coefficient (Wildman–Crippen LogP) is 3.94. The molecule has 5 heteroatoms. The lowest BCUT2D eigenvalue weighted by Gasteiger charge is -2.10. The summed E-state index contributed by atoms with van der Waals surface area (Å²) in [7, 11) is 0. The van der Waals surface area contributed by atoms with Crippen molar-refractivity contribution in [3.63, 3.8) is 0 Å². The Bertz CT molecular complexity index is 621. The zero-order chi connectivity index (χ0) is 15.2. The molecule has 0 aliphatic carbocycles. The van der Waals surface area contributed by atoms with Crippen molar-refractivity contribution in [2.45, 2.75) is 33.1 Å². The lowest BCUT2D eigenvalue weighted by molar-refractivity contribution is 0.737. The van der Waals surface area contributed by atoms with Crippen LogP contribution in [-0.4, -0.2) is 23.2 Å². The molecule has 0 saturated heterocycles. The third-order valence-corrected chi connectivity index (χ3v) is 4.08. The van der Waals surface area contributed by atoms with Gasteiger partial charge in [-0.3, -0.25) is 0 Å². The number of rotatable bonds is 6. The molecule has 0 atom stereocenters. The van der Waals surface area contributed by atoms with Crippen LogP contribution in [0.2, 0.25) is 5.02 Å². The van der Waals surface area contributed by atoms with Gasteiger partial charge in [0, 0.05) is 34.7 Å². The van der Waals surface area contributed by atoms with Crippen molar-refractivity contribution in [2.24, 2.45) is 0 Å². The van der Waals surface area contributed by atoms with Gasteiger partial charge >= 0.3 is 0 Å². The van der Waals surface area contributed by atoms with Crippen LogP contribution in [0.15, 0.2) is 18.2 Å². The van der Waals surface area contributed by atoms with E-state index in [9.17, 15) is 0 Å². The van der Waals surface area contributed by atoms with Gasteiger partial charge in [0.05, 0.1) is 0 Å². The first kappa shape index (κ1) is 16.1. The number of fused-ring (bicyclic) bond motifs is 1. The van der Waals surface area contributed by atoms with Gasteiger partial charge < -0.3 is 15.6 Å². The highest BCUT2D eigenvalue weighted by Gasteiger charge is 2.08. The van der Waals surface area contributed by atoms with E-state index in [0.717, 1.165) is 41.6 Å². The minimum absolute atomic E-state index is 0.735. The Morgan fingerprint density at radius 3 is 2.81 bits per heavy atom. The van der Waals surface area contributed by atoms with Gasteiger partial charge in [-0.05, 0) is 55.7 Å². The van der Waals surface area contributed by atoms with Crippen molar-refractivity contribution in [1.82, 2.24) is 15.6 Å². The van der Waals surface area contributed by atoms with Gasteiger partial charge in [0.2, 0.25) is 0 Å². The highest BCUT2D eigenvalue weighted by Crippen LogP contribution is 2.25. The van der Waals surface area contributed by atoms with E-state index in [1.165, 1.54) is 23.1 Å². The fraction of sp³-hybridized carbons (Fsp3) is 0.438. The maximum Gasteiger partial charge on any atom is 0.166 e. The predicted molar refractivity (Wildman–Crippen MR) is 95.3 cm³/mol. The second-order valence-corrected chi connectivity index (χ2v) is 6.05. The number of unbranched alkanes of at least 4 members (excludes halogenated alkanes) is 1. The molecule has 0 saturated carbocycles. The number of halogens is 1. The molecular weight excluding hydrogens is 302 g/mol. The molecule has 1 heterocycles. The molecule has 3 N–H and O–H groups in total.